The first-order valence-corrected chi connectivity index (χ1v) is 15.3. The molecule has 1 aromatic carbocycles. The molecule has 4 rings (SSSR count). The van der Waals surface area contributed by atoms with Gasteiger partial charge < -0.3 is 19.9 Å². The molecule has 2 bridgehead atoms. The van der Waals surface area contributed by atoms with Crippen LogP contribution in [-0.2, 0) is 11.5 Å². The molecule has 1 unspecified atom stereocenters. The van der Waals surface area contributed by atoms with Gasteiger partial charge in [0, 0.05) is 33.5 Å². The molecule has 1 aliphatic heterocycles. The number of imidazole rings is 1. The number of carboxylic acid groups (broad SMARTS) is 1. The van der Waals surface area contributed by atoms with E-state index in [9.17, 15) is 14.7 Å². The number of benzene rings is 1. The van der Waals surface area contributed by atoms with E-state index in [4.69, 9.17) is 9.47 Å². The van der Waals surface area contributed by atoms with Crippen molar-refractivity contribution < 1.29 is 19.4 Å². The quantitative estimate of drug-likeness (QED) is 0.399. The zero-order chi connectivity index (χ0) is 24.5. The minimum absolute atomic E-state index is 0.0805. The Balaban J connectivity index is 1.87. The van der Waals surface area contributed by atoms with Crippen LogP contribution in [-0.4, -0.2) is 52.5 Å². The Labute approximate surface area is 199 Å². The Kier molecular flexibility index (Phi) is 6.81. The van der Waals surface area contributed by atoms with Crippen LogP contribution in [0.25, 0.3) is 16.9 Å². The number of hydrogen-bond donors (Lipinski definition) is 2. The van der Waals surface area contributed by atoms with Crippen molar-refractivity contribution in [2.24, 2.45) is 0 Å². The zero-order valence-corrected chi connectivity index (χ0v) is 21.1. The number of nitrogens with zero attached hydrogens (tertiary/aromatic N) is 3. The van der Waals surface area contributed by atoms with E-state index in [-0.39, 0.29) is 24.1 Å². The molecule has 0 aliphatic carbocycles. The van der Waals surface area contributed by atoms with Crippen LogP contribution in [0.3, 0.4) is 0 Å². The predicted octanol–water partition coefficient (Wildman–Crippen LogP) is 4.17. The van der Waals surface area contributed by atoms with Crippen molar-refractivity contribution in [1.29, 1.82) is 0 Å². The van der Waals surface area contributed by atoms with Gasteiger partial charge in [0.2, 0.25) is 0 Å². The molecule has 0 saturated heterocycles. The van der Waals surface area contributed by atoms with Crippen molar-refractivity contribution in [3.05, 3.63) is 46.5 Å². The Morgan fingerprint density at radius 2 is 2.12 bits per heavy atom. The minimum atomic E-state index is -1.27. The summed E-state index contributed by atoms with van der Waals surface area (Å²) in [5, 5.41) is 12.8. The Morgan fingerprint density at radius 1 is 1.32 bits per heavy atom. The van der Waals surface area contributed by atoms with Gasteiger partial charge in [-0.15, -0.1) is 0 Å². The average Bonchev–Trinajstić information content (AvgIpc) is 3.05. The number of aromatic nitrogens is 3. The summed E-state index contributed by atoms with van der Waals surface area (Å²) in [6, 6.07) is 7.61. The third kappa shape index (κ3) is 5.02. The Bertz CT molecular complexity index is 1260. The van der Waals surface area contributed by atoms with Crippen molar-refractivity contribution in [3.8, 4) is 11.4 Å². The van der Waals surface area contributed by atoms with Crippen molar-refractivity contribution in [2.45, 2.75) is 58.3 Å². The Morgan fingerprint density at radius 3 is 2.85 bits per heavy atom. The standard InChI is InChI=1S/C24H32N4O5Si/c1-16-6-5-10-25-19-14-17(7-8-18(19)23(29)30)28-21-20(33-16)9-11-26-22(21)27(24(28)31)15-32-12-13-34(2,3)4/h7-9,11,14,16,25H,5-6,10,12-13,15H2,1-4H3,(H,29,30). The number of aromatic carboxylic acids is 1. The number of nitrogens with one attached hydrogen (secondary N) is 1. The van der Waals surface area contributed by atoms with Gasteiger partial charge in [-0.2, -0.15) is 0 Å². The van der Waals surface area contributed by atoms with E-state index in [2.05, 4.69) is 29.9 Å². The van der Waals surface area contributed by atoms with Gasteiger partial charge in [-0.3, -0.25) is 9.13 Å². The largest absolute Gasteiger partial charge is 0.488 e. The fourth-order valence-corrected chi connectivity index (χ4v) is 4.77. The van der Waals surface area contributed by atoms with E-state index < -0.39 is 14.0 Å². The molecule has 0 amide bonds. The van der Waals surface area contributed by atoms with E-state index in [1.54, 1.807) is 24.4 Å². The van der Waals surface area contributed by atoms with Crippen LogP contribution in [0.15, 0.2) is 35.3 Å². The number of carboxylic acids is 1. The summed E-state index contributed by atoms with van der Waals surface area (Å²) in [5.74, 6) is -0.460. The molecule has 1 atom stereocenters. The van der Waals surface area contributed by atoms with Gasteiger partial charge in [-0.05, 0) is 44.0 Å². The fourth-order valence-electron chi connectivity index (χ4n) is 4.02. The SMILES string of the molecule is CC1CCCNc2cc(ccc2C(=O)O)-n2c(=O)n(COCC[Si](C)(C)C)c3nccc(c32)O1. The third-order valence-electron chi connectivity index (χ3n) is 5.91. The van der Waals surface area contributed by atoms with Crippen LogP contribution in [0.4, 0.5) is 5.69 Å². The van der Waals surface area contributed by atoms with Gasteiger partial charge in [-0.1, -0.05) is 19.6 Å². The number of pyridine rings is 1. The number of anilines is 1. The van der Waals surface area contributed by atoms with Crippen molar-refractivity contribution >= 4 is 30.9 Å². The molecule has 0 saturated carbocycles. The highest BCUT2D eigenvalue weighted by Crippen LogP contribution is 2.30. The number of carbonyl (C=O) groups is 1. The number of hydrogen-bond acceptors (Lipinski definition) is 6. The molecular weight excluding hydrogens is 452 g/mol. The van der Waals surface area contributed by atoms with E-state index >= 15 is 0 Å². The first-order chi connectivity index (χ1) is 16.2. The summed E-state index contributed by atoms with van der Waals surface area (Å²) in [6.07, 6.45) is 3.12. The molecule has 9 nitrogen and oxygen atoms in total. The van der Waals surface area contributed by atoms with Gasteiger partial charge in [0.05, 0.1) is 23.0 Å². The maximum Gasteiger partial charge on any atom is 0.337 e. The first kappa shape index (κ1) is 24.0. The van der Waals surface area contributed by atoms with E-state index in [1.165, 1.54) is 15.2 Å². The second-order valence-corrected chi connectivity index (χ2v) is 15.5. The van der Waals surface area contributed by atoms with Crippen molar-refractivity contribution in [2.75, 3.05) is 18.5 Å². The van der Waals surface area contributed by atoms with E-state index in [0.717, 1.165) is 18.9 Å². The lowest BCUT2D eigenvalue weighted by molar-refractivity contribution is 0.0698. The predicted molar refractivity (Wildman–Crippen MR) is 134 cm³/mol. The molecule has 2 N–H and O–H groups in total. The van der Waals surface area contributed by atoms with Crippen molar-refractivity contribution in [3.63, 3.8) is 0 Å². The molecule has 34 heavy (non-hydrogen) atoms. The molecule has 10 heteroatoms. The van der Waals surface area contributed by atoms with E-state index in [1.807, 2.05) is 6.92 Å². The molecule has 0 spiro atoms. The topological polar surface area (TPSA) is 108 Å². The van der Waals surface area contributed by atoms with Crippen molar-refractivity contribution in [1.82, 2.24) is 14.1 Å². The van der Waals surface area contributed by atoms with Crippen LogP contribution in [0.5, 0.6) is 5.75 Å². The summed E-state index contributed by atoms with van der Waals surface area (Å²) in [4.78, 5) is 29.9. The van der Waals surface area contributed by atoms with Crippen LogP contribution in [0.2, 0.25) is 25.7 Å². The molecular formula is C24H32N4O5Si. The summed E-state index contributed by atoms with van der Waals surface area (Å²) < 4.78 is 15.2. The van der Waals surface area contributed by atoms with Gasteiger partial charge in [0.1, 0.15) is 18.0 Å². The molecule has 0 fully saturated rings. The molecule has 3 aromatic rings. The Hall–Kier alpha value is -3.11. The fraction of sp³-hybridized carbons (Fsp3) is 0.458. The highest BCUT2D eigenvalue weighted by atomic mass is 28.3. The summed E-state index contributed by atoms with van der Waals surface area (Å²) >= 11 is 0. The number of ether oxygens (including phenoxy) is 2. The maximum atomic E-state index is 13.6. The second-order valence-electron chi connectivity index (χ2n) is 9.91. The van der Waals surface area contributed by atoms with Gasteiger partial charge in [0.15, 0.2) is 5.65 Å². The summed E-state index contributed by atoms with van der Waals surface area (Å²) in [5.41, 5.74) is 1.87. The van der Waals surface area contributed by atoms with Gasteiger partial charge in [0.25, 0.3) is 0 Å². The molecule has 2 aromatic heterocycles. The minimum Gasteiger partial charge on any atom is -0.488 e. The monoisotopic (exact) mass is 484 g/mol. The number of rotatable bonds is 6. The normalized spacial score (nSPS) is 16.3. The summed E-state index contributed by atoms with van der Waals surface area (Å²) in [6.45, 7) is 10.1. The lowest BCUT2D eigenvalue weighted by Crippen LogP contribution is -2.26. The maximum absolute atomic E-state index is 13.6. The highest BCUT2D eigenvalue weighted by Gasteiger charge is 2.23. The number of fused-ring (bicyclic) bond motifs is 3. The van der Waals surface area contributed by atoms with Crippen LogP contribution in [0, 0.1) is 0 Å². The van der Waals surface area contributed by atoms with Crippen LogP contribution in [0.1, 0.15) is 30.1 Å². The highest BCUT2D eigenvalue weighted by molar-refractivity contribution is 6.76. The molecule has 0 radical (unpaired) electrons. The third-order valence-corrected chi connectivity index (χ3v) is 7.61. The molecule has 1 aliphatic rings. The van der Waals surface area contributed by atoms with Crippen LogP contribution < -0.4 is 15.7 Å². The van der Waals surface area contributed by atoms with E-state index in [0.29, 0.717) is 41.4 Å². The molecule has 182 valence electrons. The lowest BCUT2D eigenvalue weighted by atomic mass is 10.1. The zero-order valence-electron chi connectivity index (χ0n) is 20.1. The lowest BCUT2D eigenvalue weighted by Gasteiger charge is -2.19. The smallest absolute Gasteiger partial charge is 0.337 e. The van der Waals surface area contributed by atoms with Gasteiger partial charge >= 0.3 is 11.7 Å². The molecule has 3 heterocycles. The van der Waals surface area contributed by atoms with Gasteiger partial charge in [-0.25, -0.2) is 14.6 Å². The second kappa shape index (κ2) is 9.63. The average molecular weight is 485 g/mol. The van der Waals surface area contributed by atoms with Crippen LogP contribution >= 0.6 is 0 Å². The first-order valence-electron chi connectivity index (χ1n) is 11.6. The summed E-state index contributed by atoms with van der Waals surface area (Å²) in [7, 11) is -1.27.